The molecule has 1 unspecified atom stereocenters. The van der Waals surface area contributed by atoms with E-state index in [1.807, 2.05) is 24.3 Å². The van der Waals surface area contributed by atoms with E-state index in [2.05, 4.69) is 37.3 Å². The Morgan fingerprint density at radius 2 is 1.48 bits per heavy atom. The van der Waals surface area contributed by atoms with E-state index in [1.54, 1.807) is 24.3 Å². The van der Waals surface area contributed by atoms with Crippen LogP contribution >= 0.6 is 0 Å². The van der Waals surface area contributed by atoms with Crippen molar-refractivity contribution >= 4 is 21.4 Å². The first-order valence-corrected chi connectivity index (χ1v) is 10.4. The average molecular weight is 361 g/mol. The summed E-state index contributed by atoms with van der Waals surface area (Å²) in [7, 11) is -3.57. The fraction of sp³-hybridized carbons (Fsp3) is 0.400. The lowest BCUT2D eigenvalue weighted by molar-refractivity contribution is 0.601. The van der Waals surface area contributed by atoms with Gasteiger partial charge < -0.3 is 4.90 Å². The van der Waals surface area contributed by atoms with E-state index >= 15 is 0 Å². The minimum atomic E-state index is -3.57. The van der Waals surface area contributed by atoms with Crippen molar-refractivity contribution < 1.29 is 8.42 Å². The normalized spacial score (nSPS) is 12.6. The van der Waals surface area contributed by atoms with Crippen molar-refractivity contribution in [3.05, 3.63) is 54.1 Å². The quantitative estimate of drug-likeness (QED) is 0.732. The van der Waals surface area contributed by atoms with Crippen LogP contribution in [0.2, 0.25) is 0 Å². The lowest BCUT2D eigenvalue weighted by Crippen LogP contribution is -2.21. The molecule has 0 fully saturated rings. The number of hydrogen-bond donors (Lipinski definition) is 1. The van der Waals surface area contributed by atoms with Gasteiger partial charge >= 0.3 is 0 Å². The number of benzene rings is 2. The van der Waals surface area contributed by atoms with Crippen LogP contribution in [0.1, 0.15) is 45.6 Å². The molecule has 4 nitrogen and oxygen atoms in total. The van der Waals surface area contributed by atoms with Gasteiger partial charge in [0, 0.05) is 24.5 Å². The van der Waals surface area contributed by atoms with Crippen LogP contribution in [0.5, 0.6) is 0 Å². The molecule has 1 N–H and O–H groups in total. The highest BCUT2D eigenvalue weighted by molar-refractivity contribution is 7.92. The van der Waals surface area contributed by atoms with Crippen molar-refractivity contribution in [1.82, 2.24) is 0 Å². The average Bonchev–Trinajstić information content (AvgIpc) is 2.63. The number of anilines is 2. The van der Waals surface area contributed by atoms with Crippen LogP contribution in [0.3, 0.4) is 0 Å². The third kappa shape index (κ3) is 4.75. The molecule has 2 rings (SSSR count). The molecule has 0 aliphatic carbocycles. The molecule has 0 radical (unpaired) electrons. The number of rotatable bonds is 8. The minimum Gasteiger partial charge on any atom is -0.372 e. The zero-order valence-corrected chi connectivity index (χ0v) is 16.3. The number of nitrogens with one attached hydrogen (secondary N) is 1. The topological polar surface area (TPSA) is 49.4 Å². The summed E-state index contributed by atoms with van der Waals surface area (Å²) in [6, 6.07) is 14.6. The fourth-order valence-corrected chi connectivity index (χ4v) is 3.81. The summed E-state index contributed by atoms with van der Waals surface area (Å²) >= 11 is 0. The maximum absolute atomic E-state index is 12.6. The Balaban J connectivity index is 2.15. The zero-order valence-electron chi connectivity index (χ0n) is 15.5. The third-order valence-electron chi connectivity index (χ3n) is 4.62. The lowest BCUT2D eigenvalue weighted by atomic mass is 9.99. The van der Waals surface area contributed by atoms with Crippen LogP contribution in [0.25, 0.3) is 0 Å². The van der Waals surface area contributed by atoms with Crippen LogP contribution in [0.15, 0.2) is 53.4 Å². The molecule has 0 aliphatic heterocycles. The van der Waals surface area contributed by atoms with Gasteiger partial charge in [-0.2, -0.15) is 0 Å². The molecule has 2 aromatic carbocycles. The molecule has 5 heteroatoms. The molecule has 136 valence electrons. The SMILES string of the molecule is CCC(C)c1ccc(S(=O)(=O)Nc2ccc(N(CC)CC)cc2)cc1. The highest BCUT2D eigenvalue weighted by Crippen LogP contribution is 2.23. The van der Waals surface area contributed by atoms with Gasteiger partial charge in [0.1, 0.15) is 0 Å². The van der Waals surface area contributed by atoms with Gasteiger partial charge in [-0.1, -0.05) is 26.0 Å². The molecule has 25 heavy (non-hydrogen) atoms. The van der Waals surface area contributed by atoms with Gasteiger partial charge in [0.25, 0.3) is 10.0 Å². The Morgan fingerprint density at radius 1 is 0.920 bits per heavy atom. The van der Waals surface area contributed by atoms with Crippen LogP contribution in [-0.2, 0) is 10.0 Å². The van der Waals surface area contributed by atoms with E-state index in [9.17, 15) is 8.42 Å². The highest BCUT2D eigenvalue weighted by Gasteiger charge is 2.15. The van der Waals surface area contributed by atoms with Crippen molar-refractivity contribution in [2.75, 3.05) is 22.7 Å². The van der Waals surface area contributed by atoms with Crippen LogP contribution < -0.4 is 9.62 Å². The Labute approximate surface area is 151 Å². The van der Waals surface area contributed by atoms with Crippen molar-refractivity contribution in [3.8, 4) is 0 Å². The van der Waals surface area contributed by atoms with Gasteiger partial charge in [0.05, 0.1) is 4.90 Å². The first-order chi connectivity index (χ1) is 11.9. The molecule has 0 saturated heterocycles. The zero-order chi connectivity index (χ0) is 18.4. The maximum Gasteiger partial charge on any atom is 0.261 e. The number of sulfonamides is 1. The van der Waals surface area contributed by atoms with Crippen molar-refractivity contribution in [2.24, 2.45) is 0 Å². The van der Waals surface area contributed by atoms with Crippen LogP contribution in [0.4, 0.5) is 11.4 Å². The summed E-state index contributed by atoms with van der Waals surface area (Å²) < 4.78 is 27.8. The molecular formula is C20H28N2O2S. The molecule has 0 aromatic heterocycles. The Kier molecular flexibility index (Phi) is 6.48. The Hall–Kier alpha value is -2.01. The summed E-state index contributed by atoms with van der Waals surface area (Å²) in [6.45, 7) is 10.3. The van der Waals surface area contributed by atoms with E-state index in [1.165, 1.54) is 0 Å². The molecule has 0 bridgehead atoms. The van der Waals surface area contributed by atoms with Gasteiger partial charge in [-0.05, 0) is 68.1 Å². The molecule has 0 aliphatic rings. The van der Waals surface area contributed by atoms with Crippen molar-refractivity contribution in [2.45, 2.75) is 44.9 Å². The van der Waals surface area contributed by atoms with E-state index in [0.717, 1.165) is 30.8 Å². The first-order valence-electron chi connectivity index (χ1n) is 8.89. The van der Waals surface area contributed by atoms with E-state index < -0.39 is 10.0 Å². The minimum absolute atomic E-state index is 0.285. The summed E-state index contributed by atoms with van der Waals surface area (Å²) in [6.07, 6.45) is 1.03. The van der Waals surface area contributed by atoms with Gasteiger partial charge in [-0.25, -0.2) is 8.42 Å². The van der Waals surface area contributed by atoms with Gasteiger partial charge in [-0.3, -0.25) is 4.72 Å². The van der Waals surface area contributed by atoms with E-state index in [-0.39, 0.29) is 4.90 Å². The predicted molar refractivity (Wildman–Crippen MR) is 106 cm³/mol. The molecular weight excluding hydrogens is 332 g/mol. The van der Waals surface area contributed by atoms with E-state index in [4.69, 9.17) is 0 Å². The largest absolute Gasteiger partial charge is 0.372 e. The lowest BCUT2D eigenvalue weighted by Gasteiger charge is -2.21. The smallest absolute Gasteiger partial charge is 0.261 e. The third-order valence-corrected chi connectivity index (χ3v) is 6.02. The standard InChI is InChI=1S/C20H28N2O2S/c1-5-16(4)17-8-14-20(15-9-17)25(23,24)21-18-10-12-19(13-11-18)22(6-2)7-3/h8-16,21H,5-7H2,1-4H3. The Bertz CT molecular complexity index is 764. The van der Waals surface area contributed by atoms with Gasteiger partial charge in [-0.15, -0.1) is 0 Å². The second-order valence-corrected chi connectivity index (χ2v) is 7.89. The summed E-state index contributed by atoms with van der Waals surface area (Å²) in [5, 5.41) is 0. The fourth-order valence-electron chi connectivity index (χ4n) is 2.75. The second kappa shape index (κ2) is 8.39. The second-order valence-electron chi connectivity index (χ2n) is 6.20. The molecule has 0 amide bonds. The van der Waals surface area contributed by atoms with Gasteiger partial charge in [0.2, 0.25) is 0 Å². The first kappa shape index (κ1) is 19.3. The monoisotopic (exact) mass is 360 g/mol. The summed E-state index contributed by atoms with van der Waals surface area (Å²) in [4.78, 5) is 2.50. The van der Waals surface area contributed by atoms with Gasteiger partial charge in [0.15, 0.2) is 0 Å². The predicted octanol–water partition coefficient (Wildman–Crippen LogP) is 4.85. The molecule has 0 heterocycles. The van der Waals surface area contributed by atoms with E-state index in [0.29, 0.717) is 11.6 Å². The summed E-state index contributed by atoms with van der Waals surface area (Å²) in [5.41, 5.74) is 2.82. The molecule has 1 atom stereocenters. The summed E-state index contributed by atoms with van der Waals surface area (Å²) in [5.74, 6) is 0.428. The maximum atomic E-state index is 12.6. The Morgan fingerprint density at radius 3 is 1.96 bits per heavy atom. The molecule has 0 spiro atoms. The molecule has 0 saturated carbocycles. The van der Waals surface area contributed by atoms with Crippen LogP contribution in [-0.4, -0.2) is 21.5 Å². The highest BCUT2D eigenvalue weighted by atomic mass is 32.2. The molecule has 2 aromatic rings. The number of nitrogens with zero attached hydrogens (tertiary/aromatic N) is 1. The van der Waals surface area contributed by atoms with Crippen molar-refractivity contribution in [1.29, 1.82) is 0 Å². The number of hydrogen-bond acceptors (Lipinski definition) is 3. The van der Waals surface area contributed by atoms with Crippen LogP contribution in [0, 0.1) is 0 Å². The van der Waals surface area contributed by atoms with Crippen molar-refractivity contribution in [3.63, 3.8) is 0 Å².